The summed E-state index contributed by atoms with van der Waals surface area (Å²) >= 11 is 0. The molecule has 7 aliphatic rings. The summed E-state index contributed by atoms with van der Waals surface area (Å²) in [6.07, 6.45) is 19.5. The molecule has 0 saturated heterocycles. The van der Waals surface area contributed by atoms with Crippen molar-refractivity contribution in [2.24, 2.45) is 34.5 Å². The van der Waals surface area contributed by atoms with Gasteiger partial charge in [-0.15, -0.1) is 0 Å². The quantitative estimate of drug-likeness (QED) is 0.156. The predicted octanol–water partition coefficient (Wildman–Crippen LogP) is 19.2. The van der Waals surface area contributed by atoms with Crippen LogP contribution in [0.15, 0.2) is 182 Å². The van der Waals surface area contributed by atoms with E-state index in [4.69, 9.17) is 0 Å². The first-order valence-electron chi connectivity index (χ1n) is 28.7. The van der Waals surface area contributed by atoms with Crippen molar-refractivity contribution in [2.75, 3.05) is 0 Å². The number of aryl methyl sites for hydroxylation is 2. The van der Waals surface area contributed by atoms with Crippen molar-refractivity contribution in [3.05, 3.63) is 226 Å². The summed E-state index contributed by atoms with van der Waals surface area (Å²) in [5, 5.41) is 0. The smallest absolute Gasteiger partial charge is 0.0619 e. The van der Waals surface area contributed by atoms with Crippen LogP contribution in [0.2, 0.25) is 0 Å². The van der Waals surface area contributed by atoms with Crippen molar-refractivity contribution in [3.63, 3.8) is 0 Å². The van der Waals surface area contributed by atoms with Crippen LogP contribution in [-0.2, 0) is 18.3 Å². The molecule has 0 heterocycles. The highest BCUT2D eigenvalue weighted by atomic mass is 14.6. The molecule has 362 valence electrons. The molecule has 0 bridgehead atoms. The second kappa shape index (κ2) is 16.9. The lowest BCUT2D eigenvalue weighted by Gasteiger charge is -2.49. The average Bonchev–Trinajstić information content (AvgIpc) is 4.14. The van der Waals surface area contributed by atoms with E-state index in [1.807, 2.05) is 0 Å². The van der Waals surface area contributed by atoms with Gasteiger partial charge in [-0.1, -0.05) is 184 Å². The van der Waals surface area contributed by atoms with Crippen molar-refractivity contribution in [2.45, 2.75) is 121 Å². The molecule has 0 amide bonds. The molecule has 4 fully saturated rings. The number of hydrogen-bond donors (Lipinski definition) is 0. The first kappa shape index (κ1) is 44.3. The second-order valence-electron chi connectivity index (χ2n) is 25.0. The average molecular weight is 947 g/mol. The fraction of sp³-hybridized carbons (Fsp3) is 0.342. The van der Waals surface area contributed by atoms with Gasteiger partial charge in [-0.2, -0.15) is 0 Å². The van der Waals surface area contributed by atoms with Crippen LogP contribution in [-0.4, -0.2) is 0 Å². The molecule has 0 aliphatic heterocycles. The number of benzene rings is 8. The van der Waals surface area contributed by atoms with Gasteiger partial charge in [0.05, 0.1) is 5.41 Å². The van der Waals surface area contributed by atoms with Crippen LogP contribution in [0.1, 0.15) is 147 Å². The van der Waals surface area contributed by atoms with E-state index < -0.39 is 5.41 Å². The summed E-state index contributed by atoms with van der Waals surface area (Å²) in [5.74, 6) is 5.11. The van der Waals surface area contributed by atoms with Gasteiger partial charge in [0.1, 0.15) is 0 Å². The van der Waals surface area contributed by atoms with Crippen LogP contribution in [0.3, 0.4) is 0 Å². The standard InChI is InChI=1S/C73H70/c1-71-37-11-25-67(71)65-33-29-55-43-53(27-31-59(55)61(65)35-39-71)49-15-7-13-47(41-49)51-17-9-19-57(45-51)73(69-23-5-3-21-63(69)64-22-4-6-24-70(64)73)58-20-10-18-52(46-58)48-14-8-16-50(42-48)54-28-32-60-56(44-54)30-34-66-62(60)36-40-72(2)38-12-26-68(66)72/h3-10,13-24,27-28,31-32,41-46,61-62,65-68H,11-12,25-26,29-30,33-40H2,1-2H3/t61-,62-,65-,66-,67+,68+,71+,72+/m1/s1. The molecule has 0 N–H and O–H groups in total. The lowest BCUT2D eigenvalue weighted by molar-refractivity contribution is 0.0598. The van der Waals surface area contributed by atoms with Crippen LogP contribution in [0.25, 0.3) is 55.6 Å². The van der Waals surface area contributed by atoms with E-state index in [1.54, 1.807) is 22.3 Å². The Balaban J connectivity index is 0.781. The molecule has 0 nitrogen and oxygen atoms in total. The van der Waals surface area contributed by atoms with Gasteiger partial charge in [-0.3, -0.25) is 0 Å². The van der Waals surface area contributed by atoms with Crippen molar-refractivity contribution >= 4 is 0 Å². The highest BCUT2D eigenvalue weighted by Gasteiger charge is 2.52. The molecule has 4 saturated carbocycles. The van der Waals surface area contributed by atoms with E-state index in [9.17, 15) is 0 Å². The minimum absolute atomic E-state index is 0.509. The van der Waals surface area contributed by atoms with Gasteiger partial charge in [0.25, 0.3) is 0 Å². The lowest BCUT2D eigenvalue weighted by Crippen LogP contribution is -2.39. The third kappa shape index (κ3) is 6.84. The zero-order chi connectivity index (χ0) is 48.5. The van der Waals surface area contributed by atoms with E-state index in [1.165, 1.54) is 168 Å². The Kier molecular flexibility index (Phi) is 10.2. The summed E-state index contributed by atoms with van der Waals surface area (Å²) in [6.45, 7) is 5.24. The number of fused-ring (bicyclic) bond motifs is 13. The molecule has 0 unspecified atom stereocenters. The van der Waals surface area contributed by atoms with Gasteiger partial charge >= 0.3 is 0 Å². The number of rotatable bonds is 6. The second-order valence-corrected chi connectivity index (χ2v) is 25.0. The zero-order valence-electron chi connectivity index (χ0n) is 43.2. The van der Waals surface area contributed by atoms with E-state index in [2.05, 4.69) is 196 Å². The lowest BCUT2D eigenvalue weighted by atomic mass is 9.56. The maximum absolute atomic E-state index is 2.62. The summed E-state index contributed by atoms with van der Waals surface area (Å²) in [5.41, 5.74) is 25.6. The maximum atomic E-state index is 2.62. The van der Waals surface area contributed by atoms with Crippen LogP contribution in [0.4, 0.5) is 0 Å². The summed E-state index contributed by atoms with van der Waals surface area (Å²) in [4.78, 5) is 0. The molecule has 73 heavy (non-hydrogen) atoms. The zero-order valence-corrected chi connectivity index (χ0v) is 43.2. The van der Waals surface area contributed by atoms with Gasteiger partial charge < -0.3 is 0 Å². The van der Waals surface area contributed by atoms with Crippen LogP contribution < -0.4 is 0 Å². The van der Waals surface area contributed by atoms with Crippen LogP contribution >= 0.6 is 0 Å². The Labute approximate surface area is 435 Å². The highest BCUT2D eigenvalue weighted by molar-refractivity contribution is 5.88. The molecule has 0 spiro atoms. The number of hydrogen-bond acceptors (Lipinski definition) is 0. The van der Waals surface area contributed by atoms with Crippen LogP contribution in [0.5, 0.6) is 0 Å². The van der Waals surface area contributed by atoms with E-state index >= 15 is 0 Å². The Morgan fingerprint density at radius 2 is 0.740 bits per heavy atom. The molecule has 0 heteroatoms. The first-order valence-corrected chi connectivity index (χ1v) is 28.7. The maximum Gasteiger partial charge on any atom is 0.0713 e. The monoisotopic (exact) mass is 947 g/mol. The summed E-state index contributed by atoms with van der Waals surface area (Å²) < 4.78 is 0. The molecular formula is C73H70. The summed E-state index contributed by atoms with van der Waals surface area (Å²) in [7, 11) is 0. The highest BCUT2D eigenvalue weighted by Crippen LogP contribution is 2.63. The van der Waals surface area contributed by atoms with Gasteiger partial charge in [0, 0.05) is 0 Å². The van der Waals surface area contributed by atoms with Crippen LogP contribution in [0, 0.1) is 34.5 Å². The molecular weight excluding hydrogens is 877 g/mol. The molecule has 15 rings (SSSR count). The Bertz CT molecular complexity index is 3240. The molecule has 0 radical (unpaired) electrons. The fourth-order valence-corrected chi connectivity index (χ4v) is 18.2. The first-order chi connectivity index (χ1) is 35.8. The van der Waals surface area contributed by atoms with E-state index in [0.29, 0.717) is 10.8 Å². The summed E-state index contributed by atoms with van der Waals surface area (Å²) in [6, 6.07) is 71.4. The largest absolute Gasteiger partial charge is 0.0713 e. The Hall–Kier alpha value is -6.24. The van der Waals surface area contributed by atoms with Crippen molar-refractivity contribution in [1.29, 1.82) is 0 Å². The van der Waals surface area contributed by atoms with E-state index in [0.717, 1.165) is 35.5 Å². The van der Waals surface area contributed by atoms with Gasteiger partial charge in [0.2, 0.25) is 0 Å². The van der Waals surface area contributed by atoms with Gasteiger partial charge in [-0.25, -0.2) is 0 Å². The normalized spacial score (nSPS) is 27.9. The van der Waals surface area contributed by atoms with E-state index in [-0.39, 0.29) is 0 Å². The minimum Gasteiger partial charge on any atom is -0.0619 e. The predicted molar refractivity (Wildman–Crippen MR) is 304 cm³/mol. The molecule has 8 atom stereocenters. The topological polar surface area (TPSA) is 0 Å². The van der Waals surface area contributed by atoms with Crippen molar-refractivity contribution in [1.82, 2.24) is 0 Å². The SMILES string of the molecule is C[C@@]12CCC[C@H]1[C@@H]1CCc3cc(-c4cccc(-c5cccc(C6(c7cccc(-c8cccc(-c9ccc%10c(c9)CC[C@@H]9[C@@H]%10CC[C@]%10(C)CCC[C@@H]9%10)c8)c7)c7ccccc7-c7ccccc76)c5)c4)ccc3[C@H]1CC2. The van der Waals surface area contributed by atoms with Crippen molar-refractivity contribution < 1.29 is 0 Å². The molecule has 7 aliphatic carbocycles. The fourth-order valence-electron chi connectivity index (χ4n) is 18.2. The minimum atomic E-state index is -0.509. The third-order valence-electron chi connectivity index (χ3n) is 21.6. The molecule has 0 aromatic heterocycles. The Morgan fingerprint density at radius 3 is 1.19 bits per heavy atom. The van der Waals surface area contributed by atoms with Crippen molar-refractivity contribution in [3.8, 4) is 55.6 Å². The Morgan fingerprint density at radius 1 is 0.342 bits per heavy atom. The molecule has 8 aromatic rings. The van der Waals surface area contributed by atoms with Gasteiger partial charge in [-0.05, 0) is 248 Å². The molecule has 8 aromatic carbocycles. The third-order valence-corrected chi connectivity index (χ3v) is 21.6. The van der Waals surface area contributed by atoms with Gasteiger partial charge in [0.15, 0.2) is 0 Å².